The number of anilines is 1. The Hall–Kier alpha value is -3.22. The van der Waals surface area contributed by atoms with E-state index >= 15 is 0 Å². The highest BCUT2D eigenvalue weighted by Gasteiger charge is 2.30. The van der Waals surface area contributed by atoms with Crippen molar-refractivity contribution in [2.24, 2.45) is 11.8 Å². The van der Waals surface area contributed by atoms with Crippen molar-refractivity contribution in [3.05, 3.63) is 42.4 Å². The van der Waals surface area contributed by atoms with Gasteiger partial charge >= 0.3 is 0 Å². The van der Waals surface area contributed by atoms with Gasteiger partial charge in [0.05, 0.1) is 11.7 Å². The normalized spacial score (nSPS) is 16.8. The highest BCUT2D eigenvalue weighted by atomic mass is 16.5. The van der Waals surface area contributed by atoms with Crippen LogP contribution >= 0.6 is 0 Å². The van der Waals surface area contributed by atoms with Crippen LogP contribution in [0.25, 0.3) is 16.6 Å². The van der Waals surface area contributed by atoms with Gasteiger partial charge in [0.2, 0.25) is 5.91 Å². The van der Waals surface area contributed by atoms with Crippen molar-refractivity contribution in [2.75, 3.05) is 11.9 Å². The Morgan fingerprint density at radius 1 is 1.09 bits per heavy atom. The fourth-order valence-electron chi connectivity index (χ4n) is 4.38. The first-order valence-corrected chi connectivity index (χ1v) is 11.5. The predicted octanol–water partition coefficient (Wildman–Crippen LogP) is 4.58. The molecule has 0 radical (unpaired) electrons. The number of nitrogens with one attached hydrogen (secondary N) is 1. The van der Waals surface area contributed by atoms with E-state index in [9.17, 15) is 9.59 Å². The molecule has 2 fully saturated rings. The molecule has 7 heteroatoms. The fourth-order valence-corrected chi connectivity index (χ4v) is 4.38. The Morgan fingerprint density at radius 3 is 2.69 bits per heavy atom. The zero-order chi connectivity index (χ0) is 22.1. The minimum Gasteiger partial charge on any atom is -0.484 e. The summed E-state index contributed by atoms with van der Waals surface area (Å²) in [5, 5.41) is 7.34. The molecule has 0 aliphatic heterocycles. The van der Waals surface area contributed by atoms with Gasteiger partial charge in [0.15, 0.2) is 11.6 Å². The molecule has 7 nitrogen and oxygen atoms in total. The molecule has 5 rings (SSSR count). The smallest absolute Gasteiger partial charge is 0.228 e. The molecular formula is C25H28N4O3. The van der Waals surface area contributed by atoms with E-state index < -0.39 is 0 Å². The number of nitrogens with zero attached hydrogens (tertiary/aromatic N) is 3. The maximum absolute atomic E-state index is 12.6. The second kappa shape index (κ2) is 8.73. The number of rotatable bonds is 7. The number of hydrogen-bond donors (Lipinski definition) is 1. The zero-order valence-corrected chi connectivity index (χ0v) is 18.3. The second-order valence-corrected chi connectivity index (χ2v) is 8.99. The molecule has 1 N–H and O–H groups in total. The van der Waals surface area contributed by atoms with E-state index in [1.165, 1.54) is 6.42 Å². The van der Waals surface area contributed by atoms with Crippen molar-refractivity contribution in [2.45, 2.75) is 51.9 Å². The molecule has 2 aliphatic rings. The molecule has 3 heterocycles. The summed E-state index contributed by atoms with van der Waals surface area (Å²) in [6.45, 7) is 2.01. The van der Waals surface area contributed by atoms with Crippen molar-refractivity contribution < 1.29 is 14.3 Å². The van der Waals surface area contributed by atoms with E-state index in [0.29, 0.717) is 11.6 Å². The van der Waals surface area contributed by atoms with E-state index in [0.717, 1.165) is 60.9 Å². The fraction of sp³-hybridized carbons (Fsp3) is 0.440. The van der Waals surface area contributed by atoms with E-state index in [-0.39, 0.29) is 30.1 Å². The number of carbonyl (C=O) groups is 2. The summed E-state index contributed by atoms with van der Waals surface area (Å²) in [7, 11) is 0. The molecule has 3 aromatic rings. The minimum absolute atomic E-state index is 0.0386. The molecule has 32 heavy (non-hydrogen) atoms. The van der Waals surface area contributed by atoms with Crippen molar-refractivity contribution in [1.29, 1.82) is 0 Å². The van der Waals surface area contributed by atoms with E-state index in [1.54, 1.807) is 10.7 Å². The summed E-state index contributed by atoms with van der Waals surface area (Å²) in [6.07, 6.45) is 10.9. The molecule has 2 aliphatic carbocycles. The van der Waals surface area contributed by atoms with Crippen LogP contribution in [0.4, 0.5) is 5.82 Å². The number of ether oxygens (including phenoxy) is 1. The summed E-state index contributed by atoms with van der Waals surface area (Å²) in [5.41, 5.74) is 3.58. The lowest BCUT2D eigenvalue weighted by Gasteiger charge is -2.20. The van der Waals surface area contributed by atoms with Gasteiger partial charge < -0.3 is 10.1 Å². The number of aryl methyl sites for hydroxylation is 1. The van der Waals surface area contributed by atoms with Crippen LogP contribution in [-0.2, 0) is 9.59 Å². The van der Waals surface area contributed by atoms with Gasteiger partial charge in [0.1, 0.15) is 12.4 Å². The average Bonchev–Trinajstić information content (AvgIpc) is 3.59. The van der Waals surface area contributed by atoms with Crippen LogP contribution in [0.5, 0.6) is 5.75 Å². The largest absolute Gasteiger partial charge is 0.484 e. The molecule has 0 bridgehead atoms. The lowest BCUT2D eigenvalue weighted by Crippen LogP contribution is -2.23. The Balaban J connectivity index is 1.36. The van der Waals surface area contributed by atoms with Crippen molar-refractivity contribution >= 4 is 23.0 Å². The molecule has 0 atom stereocenters. The third-order valence-corrected chi connectivity index (χ3v) is 6.41. The first-order valence-electron chi connectivity index (χ1n) is 11.5. The first-order chi connectivity index (χ1) is 15.6. The van der Waals surface area contributed by atoms with Crippen LogP contribution in [-0.4, -0.2) is 32.9 Å². The van der Waals surface area contributed by atoms with Gasteiger partial charge in [0.25, 0.3) is 0 Å². The topological polar surface area (TPSA) is 85.6 Å². The summed E-state index contributed by atoms with van der Waals surface area (Å²) in [4.78, 5) is 29.0. The highest BCUT2D eigenvalue weighted by molar-refractivity contribution is 5.93. The molecule has 0 spiro atoms. The van der Waals surface area contributed by atoms with Gasteiger partial charge in [-0.15, -0.1) is 0 Å². The molecule has 0 unspecified atom stereocenters. The molecule has 166 valence electrons. The van der Waals surface area contributed by atoms with Gasteiger partial charge in [-0.05, 0) is 56.4 Å². The first kappa shape index (κ1) is 20.7. The van der Waals surface area contributed by atoms with Crippen LogP contribution in [0.1, 0.15) is 50.6 Å². The lowest BCUT2D eigenvalue weighted by molar-refractivity contribution is -0.125. The monoisotopic (exact) mass is 432 g/mol. The Kier molecular flexibility index (Phi) is 5.64. The summed E-state index contributed by atoms with van der Waals surface area (Å²) < 4.78 is 7.72. The number of hydrogen-bond acceptors (Lipinski definition) is 5. The number of carbonyl (C=O) groups excluding carboxylic acids is 2. The average molecular weight is 433 g/mol. The number of fused-ring (bicyclic) bond motifs is 1. The maximum atomic E-state index is 12.6. The molecule has 3 aromatic heterocycles. The van der Waals surface area contributed by atoms with Crippen LogP contribution in [0.15, 0.2) is 36.7 Å². The Bertz CT molecular complexity index is 1160. The quantitative estimate of drug-likeness (QED) is 0.591. The number of Topliss-reactive ketones (excluding diaryl/α,β-unsaturated/α-hetero) is 1. The summed E-state index contributed by atoms with van der Waals surface area (Å²) in [5.74, 6) is 1.63. The van der Waals surface area contributed by atoms with Gasteiger partial charge in [0, 0.05) is 35.4 Å². The summed E-state index contributed by atoms with van der Waals surface area (Å²) >= 11 is 0. The molecular weight excluding hydrogens is 404 g/mol. The SMILES string of the molecule is Cc1cc(-c2ccn3nc(NC(=O)C4CC4)cc3c2)c(OCC(=O)C2CCCCC2)cn1. The number of amides is 1. The van der Waals surface area contributed by atoms with Crippen LogP contribution in [0, 0.1) is 18.8 Å². The van der Waals surface area contributed by atoms with E-state index in [2.05, 4.69) is 15.4 Å². The van der Waals surface area contributed by atoms with Gasteiger partial charge in [-0.1, -0.05) is 19.3 Å². The second-order valence-electron chi connectivity index (χ2n) is 8.99. The van der Waals surface area contributed by atoms with Gasteiger partial charge in [-0.2, -0.15) is 5.10 Å². The Labute approximate surface area is 187 Å². The maximum Gasteiger partial charge on any atom is 0.228 e. The van der Waals surface area contributed by atoms with E-state index in [1.807, 2.05) is 37.4 Å². The molecule has 0 saturated heterocycles. The number of aromatic nitrogens is 3. The molecule has 1 amide bonds. The van der Waals surface area contributed by atoms with E-state index in [4.69, 9.17) is 4.74 Å². The van der Waals surface area contributed by atoms with Crippen LogP contribution in [0.3, 0.4) is 0 Å². The molecule has 2 saturated carbocycles. The van der Waals surface area contributed by atoms with Crippen LogP contribution in [0.2, 0.25) is 0 Å². The number of ketones is 1. The third-order valence-electron chi connectivity index (χ3n) is 6.41. The predicted molar refractivity (Wildman–Crippen MR) is 122 cm³/mol. The third kappa shape index (κ3) is 4.52. The highest BCUT2D eigenvalue weighted by Crippen LogP contribution is 2.33. The van der Waals surface area contributed by atoms with Gasteiger partial charge in [-0.25, -0.2) is 4.52 Å². The zero-order valence-electron chi connectivity index (χ0n) is 18.3. The standard InChI is InChI=1S/C25H28N4O3/c1-16-11-21(23(14-26-16)32-15-22(30)17-5-3-2-4-6-17)19-9-10-29-20(12-19)13-24(28-29)27-25(31)18-7-8-18/h9-14,17-18H,2-8,15H2,1H3,(H,27,28,31). The Morgan fingerprint density at radius 2 is 1.91 bits per heavy atom. The number of pyridine rings is 2. The van der Waals surface area contributed by atoms with Gasteiger partial charge in [-0.3, -0.25) is 14.6 Å². The van der Waals surface area contributed by atoms with Crippen molar-refractivity contribution in [1.82, 2.24) is 14.6 Å². The molecule has 0 aromatic carbocycles. The summed E-state index contributed by atoms with van der Waals surface area (Å²) in [6, 6.07) is 7.80. The van der Waals surface area contributed by atoms with Crippen molar-refractivity contribution in [3.63, 3.8) is 0 Å². The van der Waals surface area contributed by atoms with Crippen LogP contribution < -0.4 is 10.1 Å². The lowest BCUT2D eigenvalue weighted by atomic mass is 9.86. The van der Waals surface area contributed by atoms with Crippen molar-refractivity contribution in [3.8, 4) is 16.9 Å². The minimum atomic E-state index is 0.0386.